The van der Waals surface area contributed by atoms with Crippen LogP contribution in [0.4, 0.5) is 4.39 Å². The minimum absolute atomic E-state index is 0. The molecule has 0 radical (unpaired) electrons. The molecule has 1 aromatic carbocycles. The minimum atomic E-state index is -0.368. The highest BCUT2D eigenvalue weighted by Gasteiger charge is 2.29. The molecular formula is C17H27Cl3FN3O2. The molecule has 3 unspecified atom stereocenters. The maximum atomic E-state index is 14.4. The maximum Gasteiger partial charge on any atom is 0.221 e. The Hall–Kier alpha value is -0.630. The van der Waals surface area contributed by atoms with Crippen LogP contribution in [0.2, 0.25) is 5.02 Å². The van der Waals surface area contributed by atoms with Gasteiger partial charge in [-0.1, -0.05) is 17.7 Å². The lowest BCUT2D eigenvalue weighted by molar-refractivity contribution is -0.121. The lowest BCUT2D eigenvalue weighted by atomic mass is 10.0. The summed E-state index contributed by atoms with van der Waals surface area (Å²) in [6.45, 7) is 5.90. The van der Waals surface area contributed by atoms with Crippen LogP contribution in [0.3, 0.4) is 0 Å². The van der Waals surface area contributed by atoms with Crippen LogP contribution in [-0.4, -0.2) is 49.2 Å². The molecule has 0 bridgehead atoms. The smallest absolute Gasteiger partial charge is 0.221 e. The van der Waals surface area contributed by atoms with E-state index in [1.54, 1.807) is 19.1 Å². The summed E-state index contributed by atoms with van der Waals surface area (Å²) in [5.41, 5.74) is 6.06. The van der Waals surface area contributed by atoms with Crippen LogP contribution >= 0.6 is 36.4 Å². The van der Waals surface area contributed by atoms with Gasteiger partial charge in [-0.15, -0.1) is 24.8 Å². The monoisotopic (exact) mass is 429 g/mol. The van der Waals surface area contributed by atoms with Gasteiger partial charge in [0.05, 0.1) is 18.8 Å². The molecule has 1 aliphatic rings. The summed E-state index contributed by atoms with van der Waals surface area (Å²) < 4.78 is 20.0. The quantitative estimate of drug-likeness (QED) is 0.728. The molecule has 2 rings (SSSR count). The van der Waals surface area contributed by atoms with Gasteiger partial charge in [0.2, 0.25) is 5.91 Å². The fourth-order valence-corrected chi connectivity index (χ4v) is 3.24. The molecule has 1 heterocycles. The van der Waals surface area contributed by atoms with E-state index in [1.165, 1.54) is 6.07 Å². The second kappa shape index (κ2) is 12.0. The molecule has 3 atom stereocenters. The maximum absolute atomic E-state index is 14.4. The zero-order valence-electron chi connectivity index (χ0n) is 14.9. The van der Waals surface area contributed by atoms with E-state index in [0.717, 1.165) is 0 Å². The fourth-order valence-electron chi connectivity index (χ4n) is 2.95. The topological polar surface area (TPSA) is 67.6 Å². The number of halogens is 4. The largest absolute Gasteiger partial charge is 0.376 e. The number of rotatable bonds is 6. The summed E-state index contributed by atoms with van der Waals surface area (Å²) in [6.07, 6.45) is 0.281. The first-order valence-electron chi connectivity index (χ1n) is 8.20. The molecule has 0 spiro atoms. The van der Waals surface area contributed by atoms with Crippen molar-refractivity contribution in [1.29, 1.82) is 0 Å². The minimum Gasteiger partial charge on any atom is -0.376 e. The summed E-state index contributed by atoms with van der Waals surface area (Å²) in [5, 5.41) is 3.21. The van der Waals surface area contributed by atoms with Crippen LogP contribution in [0.5, 0.6) is 0 Å². The summed E-state index contributed by atoms with van der Waals surface area (Å²) in [4.78, 5) is 14.0. The zero-order chi connectivity index (χ0) is 17.7. The van der Waals surface area contributed by atoms with Crippen LogP contribution in [0, 0.1) is 5.82 Å². The highest BCUT2D eigenvalue weighted by molar-refractivity contribution is 6.31. The van der Waals surface area contributed by atoms with Gasteiger partial charge in [0.25, 0.3) is 0 Å². The third-order valence-corrected chi connectivity index (χ3v) is 4.38. The van der Waals surface area contributed by atoms with Gasteiger partial charge in [-0.2, -0.15) is 0 Å². The van der Waals surface area contributed by atoms with Crippen molar-refractivity contribution in [1.82, 2.24) is 10.2 Å². The highest BCUT2D eigenvalue weighted by atomic mass is 35.5. The van der Waals surface area contributed by atoms with Gasteiger partial charge in [-0.25, -0.2) is 4.39 Å². The molecule has 9 heteroatoms. The predicted molar refractivity (Wildman–Crippen MR) is 107 cm³/mol. The van der Waals surface area contributed by atoms with Gasteiger partial charge < -0.3 is 15.8 Å². The van der Waals surface area contributed by atoms with Crippen LogP contribution in [0.25, 0.3) is 0 Å². The molecule has 0 aliphatic carbocycles. The van der Waals surface area contributed by atoms with E-state index < -0.39 is 0 Å². The SMILES string of the molecule is CC(N)CC(=O)NCC(c1c(F)cccc1Cl)N1CCOC(C)C1.Cl.Cl. The number of amides is 1. The van der Waals surface area contributed by atoms with Crippen molar-refractivity contribution in [3.63, 3.8) is 0 Å². The van der Waals surface area contributed by atoms with Gasteiger partial charge in [-0.3, -0.25) is 9.69 Å². The predicted octanol–water partition coefficient (Wildman–Crippen LogP) is 2.94. The van der Waals surface area contributed by atoms with Crippen molar-refractivity contribution >= 4 is 42.3 Å². The van der Waals surface area contributed by atoms with E-state index in [4.69, 9.17) is 22.1 Å². The third-order valence-electron chi connectivity index (χ3n) is 4.05. The van der Waals surface area contributed by atoms with Crippen molar-refractivity contribution in [2.24, 2.45) is 5.73 Å². The number of nitrogens with zero attached hydrogens (tertiary/aromatic N) is 1. The molecular weight excluding hydrogens is 404 g/mol. The summed E-state index contributed by atoms with van der Waals surface area (Å²) >= 11 is 6.25. The van der Waals surface area contributed by atoms with E-state index in [9.17, 15) is 9.18 Å². The molecule has 0 saturated carbocycles. The Kier molecular flexibility index (Phi) is 11.7. The van der Waals surface area contributed by atoms with Crippen LogP contribution in [-0.2, 0) is 9.53 Å². The number of carbonyl (C=O) groups is 1. The van der Waals surface area contributed by atoms with Crippen molar-refractivity contribution in [3.8, 4) is 0 Å². The van der Waals surface area contributed by atoms with E-state index >= 15 is 0 Å². The van der Waals surface area contributed by atoms with E-state index in [-0.39, 0.29) is 67.7 Å². The average molecular weight is 431 g/mol. The summed E-state index contributed by atoms with van der Waals surface area (Å²) in [5.74, 6) is -0.517. The second-order valence-electron chi connectivity index (χ2n) is 6.31. The van der Waals surface area contributed by atoms with E-state index in [1.807, 2.05) is 6.92 Å². The third kappa shape index (κ3) is 7.18. The van der Waals surface area contributed by atoms with Crippen LogP contribution < -0.4 is 11.1 Å². The number of nitrogens with two attached hydrogens (primary N) is 1. The first-order valence-corrected chi connectivity index (χ1v) is 8.58. The lowest BCUT2D eigenvalue weighted by Crippen LogP contribution is -2.47. The standard InChI is InChI=1S/C17H25ClFN3O2.2ClH/c1-11(20)8-16(23)21-9-15(22-6-7-24-12(2)10-22)17-13(18)4-3-5-14(17)19;;/h3-5,11-12,15H,6-10,20H2,1-2H3,(H,21,23);2*1H. The molecule has 5 nitrogen and oxygen atoms in total. The van der Waals surface area contributed by atoms with Crippen molar-refractivity contribution in [2.45, 2.75) is 38.5 Å². The Morgan fingerprint density at radius 3 is 2.77 bits per heavy atom. The highest BCUT2D eigenvalue weighted by Crippen LogP contribution is 2.31. The molecule has 1 saturated heterocycles. The van der Waals surface area contributed by atoms with Gasteiger partial charge in [0, 0.05) is 42.7 Å². The lowest BCUT2D eigenvalue weighted by Gasteiger charge is -2.38. The molecule has 150 valence electrons. The number of ether oxygens (including phenoxy) is 1. The zero-order valence-corrected chi connectivity index (χ0v) is 17.3. The van der Waals surface area contributed by atoms with Crippen molar-refractivity contribution < 1.29 is 13.9 Å². The molecule has 26 heavy (non-hydrogen) atoms. The number of hydrogen-bond donors (Lipinski definition) is 2. The Balaban J connectivity index is 0.00000312. The number of benzene rings is 1. The van der Waals surface area contributed by atoms with E-state index in [2.05, 4.69) is 10.2 Å². The number of nitrogens with one attached hydrogen (secondary N) is 1. The van der Waals surface area contributed by atoms with Gasteiger partial charge >= 0.3 is 0 Å². The Morgan fingerprint density at radius 1 is 1.50 bits per heavy atom. The van der Waals surface area contributed by atoms with Gasteiger partial charge in [0.15, 0.2) is 0 Å². The van der Waals surface area contributed by atoms with Crippen molar-refractivity contribution in [2.75, 3.05) is 26.2 Å². The summed E-state index contributed by atoms with van der Waals surface area (Å²) in [6, 6.07) is 4.07. The molecule has 1 fully saturated rings. The molecule has 1 aliphatic heterocycles. The van der Waals surface area contributed by atoms with Crippen molar-refractivity contribution in [3.05, 3.63) is 34.6 Å². The molecule has 0 aromatic heterocycles. The molecule has 3 N–H and O–H groups in total. The first-order chi connectivity index (χ1) is 11.4. The van der Waals surface area contributed by atoms with Crippen LogP contribution in [0.1, 0.15) is 31.9 Å². The second-order valence-corrected chi connectivity index (χ2v) is 6.72. The Bertz CT molecular complexity index is 558. The van der Waals surface area contributed by atoms with Gasteiger partial charge in [0.1, 0.15) is 5.82 Å². The molecule has 1 aromatic rings. The number of morpholine rings is 1. The number of carbonyl (C=O) groups excluding carboxylic acids is 1. The Morgan fingerprint density at radius 2 is 2.19 bits per heavy atom. The average Bonchev–Trinajstić information content (AvgIpc) is 2.49. The normalized spacial score (nSPS) is 19.7. The van der Waals surface area contributed by atoms with E-state index in [0.29, 0.717) is 30.3 Å². The number of hydrogen-bond acceptors (Lipinski definition) is 4. The first kappa shape index (κ1) is 25.4. The van der Waals surface area contributed by atoms with Gasteiger partial charge in [-0.05, 0) is 26.0 Å². The van der Waals surface area contributed by atoms with Crippen LogP contribution in [0.15, 0.2) is 18.2 Å². The summed E-state index contributed by atoms with van der Waals surface area (Å²) in [7, 11) is 0. The molecule has 1 amide bonds. The fraction of sp³-hybridized carbons (Fsp3) is 0.588. The Labute approximate surface area is 171 Å².